The molecule has 5 nitrogen and oxygen atoms in total. The molecule has 3 aromatic rings. The van der Waals surface area contributed by atoms with Crippen LogP contribution in [0.2, 0.25) is 0 Å². The lowest BCUT2D eigenvalue weighted by molar-refractivity contribution is -0.119. The Morgan fingerprint density at radius 3 is 2.12 bits per heavy atom. The van der Waals surface area contributed by atoms with E-state index in [1.54, 1.807) is 54.2 Å². The second-order valence-electron chi connectivity index (χ2n) is 7.94. The van der Waals surface area contributed by atoms with Gasteiger partial charge in [-0.25, -0.2) is 8.42 Å². The molecule has 0 fully saturated rings. The summed E-state index contributed by atoms with van der Waals surface area (Å²) in [5.74, 6) is 0.870. The van der Waals surface area contributed by atoms with Crippen LogP contribution in [0.1, 0.15) is 31.7 Å². The summed E-state index contributed by atoms with van der Waals surface area (Å²) < 4.78 is 27.9. The predicted molar refractivity (Wildman–Crippen MR) is 136 cm³/mol. The Kier molecular flexibility index (Phi) is 8.97. The van der Waals surface area contributed by atoms with Crippen LogP contribution in [0.3, 0.4) is 0 Å². The largest absolute Gasteiger partial charge is 0.354 e. The van der Waals surface area contributed by atoms with Crippen molar-refractivity contribution < 1.29 is 13.2 Å². The Hall–Kier alpha value is -2.77. The second kappa shape index (κ2) is 11.9. The van der Waals surface area contributed by atoms with Crippen LogP contribution in [0.4, 0.5) is 5.69 Å². The van der Waals surface area contributed by atoms with Crippen LogP contribution in [0, 0.1) is 0 Å². The van der Waals surface area contributed by atoms with E-state index in [1.807, 2.05) is 30.3 Å². The lowest BCUT2D eigenvalue weighted by Crippen LogP contribution is -2.41. The average molecular weight is 483 g/mol. The van der Waals surface area contributed by atoms with Crippen molar-refractivity contribution in [1.29, 1.82) is 0 Å². The molecule has 0 heterocycles. The molecule has 0 aliphatic heterocycles. The highest BCUT2D eigenvalue weighted by molar-refractivity contribution is 7.99. The number of amides is 1. The molecule has 0 saturated heterocycles. The number of rotatable bonds is 11. The third-order valence-corrected chi connectivity index (χ3v) is 8.01. The van der Waals surface area contributed by atoms with Gasteiger partial charge in [0.05, 0.1) is 10.6 Å². The van der Waals surface area contributed by atoms with E-state index in [1.165, 1.54) is 9.20 Å². The highest BCUT2D eigenvalue weighted by Gasteiger charge is 2.27. The Labute approximate surface area is 201 Å². The number of anilines is 1. The molecule has 3 aromatic carbocycles. The van der Waals surface area contributed by atoms with Gasteiger partial charge < -0.3 is 5.32 Å². The Balaban J connectivity index is 1.67. The number of benzene rings is 3. The molecular formula is C26H30N2O3S2. The van der Waals surface area contributed by atoms with Crippen molar-refractivity contribution in [3.8, 4) is 0 Å². The average Bonchev–Trinajstić information content (AvgIpc) is 2.83. The van der Waals surface area contributed by atoms with E-state index in [4.69, 9.17) is 0 Å². The highest BCUT2D eigenvalue weighted by atomic mass is 32.2. The third kappa shape index (κ3) is 7.11. The number of sulfonamides is 1. The zero-order valence-electron chi connectivity index (χ0n) is 19.0. The fraction of sp³-hybridized carbons (Fsp3) is 0.269. The number of thioether (sulfide) groups is 1. The maximum absolute atomic E-state index is 13.4. The summed E-state index contributed by atoms with van der Waals surface area (Å²) in [6, 6.07) is 25.6. The fourth-order valence-electron chi connectivity index (χ4n) is 3.25. The fourth-order valence-corrected chi connectivity index (χ4v) is 5.57. The number of carbonyl (C=O) groups is 1. The van der Waals surface area contributed by atoms with Crippen molar-refractivity contribution in [3.05, 3.63) is 90.5 Å². The van der Waals surface area contributed by atoms with E-state index >= 15 is 0 Å². The van der Waals surface area contributed by atoms with Crippen molar-refractivity contribution in [3.63, 3.8) is 0 Å². The van der Waals surface area contributed by atoms with Gasteiger partial charge in [0.1, 0.15) is 6.54 Å². The Bertz CT molecular complexity index is 1120. The van der Waals surface area contributed by atoms with Gasteiger partial charge in [-0.05, 0) is 60.1 Å². The first kappa shape index (κ1) is 24.9. The molecule has 0 aliphatic rings. The summed E-state index contributed by atoms with van der Waals surface area (Å²) in [6.45, 7) is 4.38. The minimum Gasteiger partial charge on any atom is -0.354 e. The van der Waals surface area contributed by atoms with Gasteiger partial charge in [0.2, 0.25) is 5.91 Å². The third-order valence-electron chi connectivity index (χ3n) is 5.12. The van der Waals surface area contributed by atoms with Gasteiger partial charge >= 0.3 is 0 Å². The molecule has 0 spiro atoms. The first-order valence-electron chi connectivity index (χ1n) is 11.0. The molecular weight excluding hydrogens is 452 g/mol. The number of carbonyl (C=O) groups excluding carboxylic acids is 1. The van der Waals surface area contributed by atoms with Gasteiger partial charge in [-0.2, -0.15) is 0 Å². The first-order valence-corrected chi connectivity index (χ1v) is 13.4. The lowest BCUT2D eigenvalue weighted by Gasteiger charge is -2.24. The van der Waals surface area contributed by atoms with E-state index in [0.29, 0.717) is 18.2 Å². The first-order chi connectivity index (χ1) is 15.9. The van der Waals surface area contributed by atoms with Crippen molar-refractivity contribution in [1.82, 2.24) is 5.32 Å². The SMILES string of the molecule is CC(C)c1ccc(N(CC(=O)NCCCSc2ccccc2)S(=O)(=O)c2ccccc2)cc1. The van der Waals surface area contributed by atoms with E-state index in [2.05, 4.69) is 31.3 Å². The van der Waals surface area contributed by atoms with Crippen LogP contribution in [-0.4, -0.2) is 33.2 Å². The van der Waals surface area contributed by atoms with Crippen LogP contribution in [0.15, 0.2) is 94.7 Å². The molecule has 0 saturated carbocycles. The lowest BCUT2D eigenvalue weighted by atomic mass is 10.0. The summed E-state index contributed by atoms with van der Waals surface area (Å²) >= 11 is 1.73. The van der Waals surface area contributed by atoms with E-state index < -0.39 is 10.0 Å². The van der Waals surface area contributed by atoms with Crippen molar-refractivity contribution >= 4 is 33.4 Å². The van der Waals surface area contributed by atoms with Crippen LogP contribution < -0.4 is 9.62 Å². The normalized spacial score (nSPS) is 11.4. The summed E-state index contributed by atoms with van der Waals surface area (Å²) in [5, 5.41) is 2.86. The van der Waals surface area contributed by atoms with Gasteiger partial charge in [-0.3, -0.25) is 9.10 Å². The maximum atomic E-state index is 13.4. The van der Waals surface area contributed by atoms with Gasteiger partial charge in [0.25, 0.3) is 10.0 Å². The van der Waals surface area contributed by atoms with Gasteiger partial charge in [0.15, 0.2) is 0 Å². The Morgan fingerprint density at radius 2 is 1.52 bits per heavy atom. The zero-order valence-corrected chi connectivity index (χ0v) is 20.6. The van der Waals surface area contributed by atoms with Gasteiger partial charge in [-0.15, -0.1) is 11.8 Å². The quantitative estimate of drug-likeness (QED) is 0.297. The Morgan fingerprint density at radius 1 is 0.909 bits per heavy atom. The predicted octanol–water partition coefficient (Wildman–Crippen LogP) is 5.30. The van der Waals surface area contributed by atoms with E-state index in [-0.39, 0.29) is 17.3 Å². The molecule has 33 heavy (non-hydrogen) atoms. The van der Waals surface area contributed by atoms with Crippen LogP contribution >= 0.6 is 11.8 Å². The van der Waals surface area contributed by atoms with E-state index in [9.17, 15) is 13.2 Å². The summed E-state index contributed by atoms with van der Waals surface area (Å²) in [4.78, 5) is 14.0. The van der Waals surface area contributed by atoms with Crippen LogP contribution in [0.25, 0.3) is 0 Å². The van der Waals surface area contributed by atoms with E-state index in [0.717, 1.165) is 17.7 Å². The van der Waals surface area contributed by atoms with Crippen LogP contribution in [0.5, 0.6) is 0 Å². The molecule has 7 heteroatoms. The minimum atomic E-state index is -3.89. The van der Waals surface area contributed by atoms with Gasteiger partial charge in [-0.1, -0.05) is 62.4 Å². The molecule has 0 unspecified atom stereocenters. The highest BCUT2D eigenvalue weighted by Crippen LogP contribution is 2.25. The van der Waals surface area contributed by atoms with Crippen LogP contribution in [-0.2, 0) is 14.8 Å². The monoisotopic (exact) mass is 482 g/mol. The number of nitrogens with zero attached hydrogens (tertiary/aromatic N) is 1. The molecule has 174 valence electrons. The number of hydrogen-bond donors (Lipinski definition) is 1. The second-order valence-corrected chi connectivity index (χ2v) is 11.0. The molecule has 3 rings (SSSR count). The van der Waals surface area contributed by atoms with Crippen molar-refractivity contribution in [2.45, 2.75) is 36.0 Å². The number of nitrogens with one attached hydrogen (secondary N) is 1. The van der Waals surface area contributed by atoms with Crippen molar-refractivity contribution in [2.75, 3.05) is 23.1 Å². The van der Waals surface area contributed by atoms with Gasteiger partial charge in [0, 0.05) is 11.4 Å². The summed E-state index contributed by atoms with van der Waals surface area (Å²) in [5.41, 5.74) is 1.58. The molecule has 0 atom stereocenters. The molecule has 0 bridgehead atoms. The summed E-state index contributed by atoms with van der Waals surface area (Å²) in [6.07, 6.45) is 0.791. The molecule has 1 N–H and O–H groups in total. The summed E-state index contributed by atoms with van der Waals surface area (Å²) in [7, 11) is -3.89. The zero-order chi connectivity index (χ0) is 23.7. The molecule has 0 aliphatic carbocycles. The molecule has 0 aromatic heterocycles. The minimum absolute atomic E-state index is 0.157. The number of hydrogen-bond acceptors (Lipinski definition) is 4. The molecule has 1 amide bonds. The topological polar surface area (TPSA) is 66.5 Å². The van der Waals surface area contributed by atoms with Crippen molar-refractivity contribution in [2.24, 2.45) is 0 Å². The molecule has 0 radical (unpaired) electrons. The standard InChI is InChI=1S/C26H30N2O3S2/c1-21(2)22-14-16-23(17-15-22)28(33(30,31)25-12-7-4-8-13-25)20-26(29)27-18-9-19-32-24-10-5-3-6-11-24/h3-8,10-17,21H,9,18-20H2,1-2H3,(H,27,29). The smallest absolute Gasteiger partial charge is 0.264 e. The maximum Gasteiger partial charge on any atom is 0.264 e.